The van der Waals surface area contributed by atoms with Gasteiger partial charge in [0.2, 0.25) is 17.5 Å². The summed E-state index contributed by atoms with van der Waals surface area (Å²) in [5.74, 6) is -0.665. The van der Waals surface area contributed by atoms with Gasteiger partial charge in [0.25, 0.3) is 5.91 Å². The second-order valence-electron chi connectivity index (χ2n) is 8.36. The second kappa shape index (κ2) is 9.44. The zero-order chi connectivity index (χ0) is 25.3. The molecule has 5 rings (SSSR count). The summed E-state index contributed by atoms with van der Waals surface area (Å²) in [6.07, 6.45) is -1.86. The molecule has 0 aliphatic carbocycles. The lowest BCUT2D eigenvalue weighted by Crippen LogP contribution is -2.33. The van der Waals surface area contributed by atoms with E-state index in [2.05, 4.69) is 30.3 Å². The standard InChI is InChI=1S/C24H21F3N6O3/c1-14-29-23(36-32-14)16-9-11-33(12-10-16)18-8-7-17(13-28-18)30-21(34)19-20(24(25,26)27)35-22(31-19)15-5-3-2-4-6-15/h2-8,13,16H,9-12H2,1H3,(H,30,34). The van der Waals surface area contributed by atoms with E-state index in [0.717, 1.165) is 25.9 Å². The molecule has 3 aromatic heterocycles. The number of alkyl halides is 3. The third kappa shape index (κ3) is 4.92. The molecule has 1 aliphatic rings. The van der Waals surface area contributed by atoms with Crippen LogP contribution in [0.3, 0.4) is 0 Å². The maximum absolute atomic E-state index is 13.5. The molecule has 1 N–H and O–H groups in total. The number of hydrogen-bond donors (Lipinski definition) is 1. The monoisotopic (exact) mass is 498 g/mol. The lowest BCUT2D eigenvalue weighted by atomic mass is 9.97. The van der Waals surface area contributed by atoms with Crippen LogP contribution in [0.1, 0.15) is 46.7 Å². The number of hydrogen-bond acceptors (Lipinski definition) is 8. The highest BCUT2D eigenvalue weighted by atomic mass is 19.4. The van der Waals surface area contributed by atoms with Crippen LogP contribution in [-0.4, -0.2) is 39.1 Å². The summed E-state index contributed by atoms with van der Waals surface area (Å²) in [5.41, 5.74) is -0.285. The average Bonchev–Trinajstić information content (AvgIpc) is 3.52. The highest BCUT2D eigenvalue weighted by molar-refractivity contribution is 6.04. The van der Waals surface area contributed by atoms with Gasteiger partial charge in [0.05, 0.1) is 11.9 Å². The second-order valence-corrected chi connectivity index (χ2v) is 8.36. The smallest absolute Gasteiger partial charge is 0.431 e. The fraction of sp³-hybridized carbons (Fsp3) is 0.292. The summed E-state index contributed by atoms with van der Waals surface area (Å²) >= 11 is 0. The molecule has 1 amide bonds. The first-order valence-corrected chi connectivity index (χ1v) is 11.2. The van der Waals surface area contributed by atoms with Crippen LogP contribution in [0.2, 0.25) is 0 Å². The Morgan fingerprint density at radius 1 is 1.08 bits per heavy atom. The Hall–Kier alpha value is -4.22. The predicted octanol–water partition coefficient (Wildman–Crippen LogP) is 5.08. The lowest BCUT2D eigenvalue weighted by Gasteiger charge is -2.31. The molecule has 1 saturated heterocycles. The van der Waals surface area contributed by atoms with Crippen LogP contribution in [-0.2, 0) is 6.18 Å². The van der Waals surface area contributed by atoms with E-state index in [-0.39, 0.29) is 17.5 Å². The van der Waals surface area contributed by atoms with Gasteiger partial charge in [0.1, 0.15) is 5.82 Å². The number of aryl methyl sites for hydroxylation is 1. The Labute approximate surface area is 203 Å². The maximum atomic E-state index is 13.5. The molecule has 12 heteroatoms. The number of rotatable bonds is 5. The fourth-order valence-corrected chi connectivity index (χ4v) is 4.04. The number of anilines is 2. The number of pyridine rings is 1. The molecule has 1 aromatic carbocycles. The molecular weight excluding hydrogens is 477 g/mol. The zero-order valence-electron chi connectivity index (χ0n) is 19.1. The van der Waals surface area contributed by atoms with Gasteiger partial charge >= 0.3 is 6.18 Å². The van der Waals surface area contributed by atoms with Gasteiger partial charge in [-0.2, -0.15) is 18.2 Å². The van der Waals surface area contributed by atoms with Crippen molar-refractivity contribution in [3.05, 3.63) is 71.8 Å². The van der Waals surface area contributed by atoms with E-state index in [0.29, 0.717) is 23.1 Å². The van der Waals surface area contributed by atoms with E-state index in [1.807, 2.05) is 0 Å². The first-order valence-electron chi connectivity index (χ1n) is 11.2. The predicted molar refractivity (Wildman–Crippen MR) is 122 cm³/mol. The fourth-order valence-electron chi connectivity index (χ4n) is 4.04. The van der Waals surface area contributed by atoms with Crippen molar-refractivity contribution < 1.29 is 26.9 Å². The molecule has 0 unspecified atom stereocenters. The molecule has 0 radical (unpaired) electrons. The molecule has 1 fully saturated rings. The molecule has 9 nitrogen and oxygen atoms in total. The summed E-state index contributed by atoms with van der Waals surface area (Å²) in [5, 5.41) is 6.27. The van der Waals surface area contributed by atoms with Crippen LogP contribution in [0.5, 0.6) is 0 Å². The topological polar surface area (TPSA) is 110 Å². The molecule has 36 heavy (non-hydrogen) atoms. The van der Waals surface area contributed by atoms with E-state index in [1.54, 1.807) is 49.4 Å². The molecule has 186 valence electrons. The number of carbonyl (C=O) groups excluding carboxylic acids is 1. The van der Waals surface area contributed by atoms with Crippen molar-refractivity contribution in [2.75, 3.05) is 23.3 Å². The summed E-state index contributed by atoms with van der Waals surface area (Å²) in [6.45, 7) is 3.23. The molecule has 4 aromatic rings. The van der Waals surface area contributed by atoms with Crippen molar-refractivity contribution in [1.82, 2.24) is 20.1 Å². The molecule has 0 bridgehead atoms. The Balaban J connectivity index is 1.27. The number of carbonyl (C=O) groups is 1. The van der Waals surface area contributed by atoms with Gasteiger partial charge in [-0.3, -0.25) is 4.79 Å². The van der Waals surface area contributed by atoms with Crippen LogP contribution in [0.4, 0.5) is 24.7 Å². The highest BCUT2D eigenvalue weighted by Gasteiger charge is 2.42. The summed E-state index contributed by atoms with van der Waals surface area (Å²) in [6, 6.07) is 11.3. The number of amides is 1. The van der Waals surface area contributed by atoms with Crippen molar-refractivity contribution in [3.8, 4) is 11.5 Å². The van der Waals surface area contributed by atoms with Crippen LogP contribution in [0.15, 0.2) is 57.6 Å². The minimum atomic E-state index is -4.89. The lowest BCUT2D eigenvalue weighted by molar-refractivity contribution is -0.153. The van der Waals surface area contributed by atoms with Crippen LogP contribution in [0.25, 0.3) is 11.5 Å². The summed E-state index contributed by atoms with van der Waals surface area (Å²) < 4.78 is 50.8. The average molecular weight is 498 g/mol. The van der Waals surface area contributed by atoms with Gasteiger partial charge in [-0.05, 0) is 44.0 Å². The Bertz CT molecular complexity index is 1340. The number of piperidine rings is 1. The third-order valence-electron chi connectivity index (χ3n) is 5.84. The van der Waals surface area contributed by atoms with Crippen molar-refractivity contribution >= 4 is 17.4 Å². The molecule has 0 atom stereocenters. The number of oxazole rings is 1. The van der Waals surface area contributed by atoms with Gasteiger partial charge in [-0.1, -0.05) is 23.4 Å². The van der Waals surface area contributed by atoms with Gasteiger partial charge in [-0.25, -0.2) is 9.97 Å². The minimum absolute atomic E-state index is 0.187. The van der Waals surface area contributed by atoms with E-state index in [4.69, 9.17) is 8.94 Å². The van der Waals surface area contributed by atoms with Crippen molar-refractivity contribution in [1.29, 1.82) is 0 Å². The molecule has 1 aliphatic heterocycles. The normalized spacial score (nSPS) is 14.7. The van der Waals surface area contributed by atoms with Crippen molar-refractivity contribution in [2.45, 2.75) is 31.9 Å². The van der Waals surface area contributed by atoms with Gasteiger partial charge in [0, 0.05) is 24.6 Å². The number of halogens is 3. The summed E-state index contributed by atoms with van der Waals surface area (Å²) in [7, 11) is 0. The largest absolute Gasteiger partial charge is 0.452 e. The Morgan fingerprint density at radius 3 is 2.44 bits per heavy atom. The van der Waals surface area contributed by atoms with Crippen LogP contribution < -0.4 is 10.2 Å². The SMILES string of the molecule is Cc1noc(C2CCN(c3ccc(NC(=O)c4nc(-c5ccccc5)oc4C(F)(F)F)cn3)CC2)n1. The maximum Gasteiger partial charge on any atom is 0.452 e. The number of benzene rings is 1. The van der Waals surface area contributed by atoms with Gasteiger partial charge in [-0.15, -0.1) is 0 Å². The minimum Gasteiger partial charge on any atom is -0.431 e. The molecule has 0 saturated carbocycles. The molecule has 4 heterocycles. The van der Waals surface area contributed by atoms with E-state index < -0.39 is 23.5 Å². The quantitative estimate of drug-likeness (QED) is 0.406. The van der Waals surface area contributed by atoms with Crippen molar-refractivity contribution in [2.24, 2.45) is 0 Å². The summed E-state index contributed by atoms with van der Waals surface area (Å²) in [4.78, 5) is 27.3. The van der Waals surface area contributed by atoms with E-state index in [1.165, 1.54) is 6.20 Å². The first kappa shape index (κ1) is 23.5. The molecular formula is C24H21F3N6O3. The van der Waals surface area contributed by atoms with Gasteiger partial charge < -0.3 is 19.2 Å². The third-order valence-corrected chi connectivity index (χ3v) is 5.84. The Kier molecular flexibility index (Phi) is 6.17. The van der Waals surface area contributed by atoms with Crippen LogP contribution >= 0.6 is 0 Å². The Morgan fingerprint density at radius 2 is 1.83 bits per heavy atom. The van der Waals surface area contributed by atoms with Crippen LogP contribution in [0, 0.1) is 6.92 Å². The number of nitrogens with zero attached hydrogens (tertiary/aromatic N) is 5. The zero-order valence-corrected chi connectivity index (χ0v) is 19.1. The highest BCUT2D eigenvalue weighted by Crippen LogP contribution is 2.35. The van der Waals surface area contributed by atoms with Crippen molar-refractivity contribution in [3.63, 3.8) is 0 Å². The first-order chi connectivity index (χ1) is 17.3. The van der Waals surface area contributed by atoms with E-state index >= 15 is 0 Å². The number of aromatic nitrogens is 4. The van der Waals surface area contributed by atoms with E-state index in [9.17, 15) is 18.0 Å². The number of nitrogens with one attached hydrogen (secondary N) is 1. The van der Waals surface area contributed by atoms with Gasteiger partial charge in [0.15, 0.2) is 11.5 Å². The molecule has 0 spiro atoms.